The van der Waals surface area contributed by atoms with Crippen LogP contribution in [0.2, 0.25) is 5.02 Å². The maximum atomic E-state index is 9.59. The molecule has 5 rings (SSSR count). The van der Waals surface area contributed by atoms with Gasteiger partial charge in [-0.1, -0.05) is 25.4 Å². The Morgan fingerprint density at radius 2 is 1.88 bits per heavy atom. The first-order chi connectivity index (χ1) is 15.5. The molecule has 1 aliphatic carbocycles. The van der Waals surface area contributed by atoms with Crippen LogP contribution in [0.25, 0.3) is 5.65 Å². The summed E-state index contributed by atoms with van der Waals surface area (Å²) in [6, 6.07) is 8.18. The Morgan fingerprint density at radius 3 is 2.53 bits per heavy atom. The zero-order valence-corrected chi connectivity index (χ0v) is 18.6. The maximum Gasteiger partial charge on any atom is 0.247 e. The van der Waals surface area contributed by atoms with Gasteiger partial charge in [-0.25, -0.2) is 4.98 Å². The molecule has 0 bridgehead atoms. The van der Waals surface area contributed by atoms with Gasteiger partial charge < -0.3 is 15.5 Å². The standard InChI is InChI=1S/C22H22ClN9/c1-12-10-31(11-13(12)2)18-6-14(7-24)5-17(19(18)23)28-22-29-20(27-15-3-4-15)21-26-9-16(8-25)32(21)30-22/h5-6,9,12-13,15H,3-4,10-11H2,1-2H3,(H2,27,28,29,30)/t12-,13+. The number of hydrogen-bond donors (Lipinski definition) is 2. The number of rotatable bonds is 5. The SMILES string of the molecule is C[C@@H]1CN(c2cc(C#N)cc(Nc3nc(NC4CC4)c4ncc(C#N)n4n3)c2Cl)C[C@@H]1C. The van der Waals surface area contributed by atoms with Crippen LogP contribution in [0.4, 0.5) is 23.1 Å². The third-order valence-electron chi connectivity index (χ3n) is 6.15. The molecule has 1 aromatic carbocycles. The Hall–Kier alpha value is -3.56. The van der Waals surface area contributed by atoms with Crippen molar-refractivity contribution < 1.29 is 0 Å². The third kappa shape index (κ3) is 3.65. The maximum absolute atomic E-state index is 9.59. The van der Waals surface area contributed by atoms with Crippen LogP contribution in [-0.2, 0) is 0 Å². The van der Waals surface area contributed by atoms with Crippen molar-refractivity contribution in [1.82, 2.24) is 19.6 Å². The van der Waals surface area contributed by atoms with E-state index in [1.54, 1.807) is 6.07 Å². The van der Waals surface area contributed by atoms with Crippen LogP contribution in [0.15, 0.2) is 18.3 Å². The number of aromatic nitrogens is 4. The molecule has 0 amide bonds. The lowest BCUT2D eigenvalue weighted by molar-refractivity contribution is 0.494. The van der Waals surface area contributed by atoms with E-state index in [4.69, 9.17) is 11.6 Å². The molecule has 1 saturated heterocycles. The van der Waals surface area contributed by atoms with Gasteiger partial charge >= 0.3 is 0 Å². The van der Waals surface area contributed by atoms with Crippen LogP contribution in [0.3, 0.4) is 0 Å². The van der Waals surface area contributed by atoms with Crippen LogP contribution >= 0.6 is 11.6 Å². The van der Waals surface area contributed by atoms with Crippen LogP contribution in [-0.4, -0.2) is 38.7 Å². The molecule has 2 N–H and O–H groups in total. The van der Waals surface area contributed by atoms with E-state index in [1.165, 1.54) is 10.7 Å². The number of benzene rings is 1. The highest BCUT2D eigenvalue weighted by Crippen LogP contribution is 2.39. The van der Waals surface area contributed by atoms with Crippen molar-refractivity contribution in [1.29, 1.82) is 10.5 Å². The summed E-state index contributed by atoms with van der Waals surface area (Å²) in [7, 11) is 0. The molecule has 3 aromatic rings. The smallest absolute Gasteiger partial charge is 0.247 e. The average molecular weight is 448 g/mol. The van der Waals surface area contributed by atoms with Crippen molar-refractivity contribution in [2.45, 2.75) is 32.7 Å². The number of halogens is 1. The first-order valence-corrected chi connectivity index (χ1v) is 11.0. The monoisotopic (exact) mass is 447 g/mol. The van der Waals surface area contributed by atoms with Gasteiger partial charge in [0.15, 0.2) is 17.2 Å². The molecule has 9 nitrogen and oxygen atoms in total. The Balaban J connectivity index is 1.55. The van der Waals surface area contributed by atoms with Crippen molar-refractivity contribution >= 4 is 40.4 Å². The minimum absolute atomic E-state index is 0.265. The second-order valence-corrected chi connectivity index (χ2v) is 9.02. The van der Waals surface area contributed by atoms with E-state index in [2.05, 4.69) is 56.6 Å². The van der Waals surface area contributed by atoms with Gasteiger partial charge in [0.05, 0.1) is 34.2 Å². The van der Waals surface area contributed by atoms with E-state index in [-0.39, 0.29) is 5.95 Å². The normalized spacial score (nSPS) is 20.2. The molecular formula is C22H22ClN9. The summed E-state index contributed by atoms with van der Waals surface area (Å²) in [5, 5.41) is 30.5. The highest BCUT2D eigenvalue weighted by molar-refractivity contribution is 6.36. The predicted octanol–water partition coefficient (Wildman–Crippen LogP) is 3.93. The second kappa shape index (κ2) is 7.85. The van der Waals surface area contributed by atoms with Gasteiger partial charge in [0.25, 0.3) is 0 Å². The lowest BCUT2D eigenvalue weighted by Gasteiger charge is -2.22. The number of nitriles is 2. The zero-order valence-electron chi connectivity index (χ0n) is 17.8. The van der Waals surface area contributed by atoms with Gasteiger partial charge in [-0.3, -0.25) is 0 Å². The fourth-order valence-corrected chi connectivity index (χ4v) is 4.25. The third-order valence-corrected chi connectivity index (χ3v) is 6.55. The molecule has 2 aromatic heterocycles. The largest absolute Gasteiger partial charge is 0.370 e. The van der Waals surface area contributed by atoms with Crippen LogP contribution in [0, 0.1) is 34.5 Å². The summed E-state index contributed by atoms with van der Waals surface area (Å²) in [4.78, 5) is 11.1. The van der Waals surface area contributed by atoms with Crippen molar-refractivity contribution in [2.75, 3.05) is 28.6 Å². The van der Waals surface area contributed by atoms with Crippen LogP contribution < -0.4 is 15.5 Å². The molecule has 1 saturated carbocycles. The molecular weight excluding hydrogens is 426 g/mol. The van der Waals surface area contributed by atoms with Crippen molar-refractivity contribution in [3.8, 4) is 12.1 Å². The van der Waals surface area contributed by atoms with Crippen LogP contribution in [0.1, 0.15) is 37.9 Å². The van der Waals surface area contributed by atoms with Gasteiger partial charge in [0, 0.05) is 19.1 Å². The quantitative estimate of drug-likeness (QED) is 0.603. The fraction of sp³-hybridized carbons (Fsp3) is 0.409. The Kier molecular flexibility index (Phi) is 4.99. The Bertz CT molecular complexity index is 1270. The summed E-state index contributed by atoms with van der Waals surface area (Å²) in [5.74, 6) is 1.91. The van der Waals surface area contributed by atoms with E-state index in [1.807, 2.05) is 6.07 Å². The predicted molar refractivity (Wildman–Crippen MR) is 122 cm³/mol. The molecule has 2 fully saturated rings. The van der Waals surface area contributed by atoms with Gasteiger partial charge in [-0.2, -0.15) is 20.0 Å². The first-order valence-electron chi connectivity index (χ1n) is 10.6. The molecule has 3 heterocycles. The summed E-state index contributed by atoms with van der Waals surface area (Å²) >= 11 is 6.80. The minimum atomic E-state index is 0.265. The van der Waals surface area contributed by atoms with Crippen molar-refractivity contribution in [2.24, 2.45) is 11.8 Å². The zero-order chi connectivity index (χ0) is 22.4. The number of fused-ring (bicyclic) bond motifs is 1. The molecule has 162 valence electrons. The molecule has 2 atom stereocenters. The second-order valence-electron chi connectivity index (χ2n) is 8.65. The molecule has 32 heavy (non-hydrogen) atoms. The van der Waals surface area contributed by atoms with E-state index in [0.717, 1.165) is 31.6 Å². The molecule has 0 unspecified atom stereocenters. The summed E-state index contributed by atoms with van der Waals surface area (Å²) in [5.41, 5.74) is 2.67. The number of imidazole rings is 1. The van der Waals surface area contributed by atoms with E-state index < -0.39 is 0 Å². The molecule has 1 aliphatic heterocycles. The summed E-state index contributed by atoms with van der Waals surface area (Å²) < 4.78 is 1.47. The molecule has 10 heteroatoms. The van der Waals surface area contributed by atoms with E-state index in [0.29, 0.717) is 51.3 Å². The lowest BCUT2D eigenvalue weighted by Crippen LogP contribution is -2.20. The molecule has 0 radical (unpaired) electrons. The van der Waals surface area contributed by atoms with Crippen LogP contribution in [0.5, 0.6) is 0 Å². The Morgan fingerprint density at radius 1 is 1.12 bits per heavy atom. The Labute approximate surface area is 190 Å². The number of hydrogen-bond acceptors (Lipinski definition) is 8. The minimum Gasteiger partial charge on any atom is -0.370 e. The number of nitrogens with one attached hydrogen (secondary N) is 2. The summed E-state index contributed by atoms with van der Waals surface area (Å²) in [6.45, 7) is 6.21. The lowest BCUT2D eigenvalue weighted by atomic mass is 10.0. The van der Waals surface area contributed by atoms with E-state index >= 15 is 0 Å². The number of anilines is 4. The van der Waals surface area contributed by atoms with Crippen molar-refractivity contribution in [3.63, 3.8) is 0 Å². The highest BCUT2D eigenvalue weighted by Gasteiger charge is 2.29. The number of nitrogens with zero attached hydrogens (tertiary/aromatic N) is 7. The van der Waals surface area contributed by atoms with Gasteiger partial charge in [0.1, 0.15) is 6.07 Å². The topological polar surface area (TPSA) is 118 Å². The van der Waals surface area contributed by atoms with Gasteiger partial charge in [-0.05, 0) is 36.8 Å². The van der Waals surface area contributed by atoms with E-state index in [9.17, 15) is 10.5 Å². The average Bonchev–Trinajstić information content (AvgIpc) is 3.40. The molecule has 2 aliphatic rings. The van der Waals surface area contributed by atoms with Gasteiger partial charge in [0.2, 0.25) is 5.95 Å². The first kappa shape index (κ1) is 20.3. The highest BCUT2D eigenvalue weighted by atomic mass is 35.5. The fourth-order valence-electron chi connectivity index (χ4n) is 3.97. The summed E-state index contributed by atoms with van der Waals surface area (Å²) in [6.07, 6.45) is 3.61. The van der Waals surface area contributed by atoms with Gasteiger partial charge in [-0.15, -0.1) is 5.10 Å². The molecule has 0 spiro atoms. The van der Waals surface area contributed by atoms with Crippen molar-refractivity contribution in [3.05, 3.63) is 34.6 Å².